The highest BCUT2D eigenvalue weighted by Crippen LogP contribution is 2.36. The highest BCUT2D eigenvalue weighted by molar-refractivity contribution is 5.69. The molecule has 106 valence electrons. The summed E-state index contributed by atoms with van der Waals surface area (Å²) in [5.74, 6) is 0.122. The van der Waals surface area contributed by atoms with Crippen molar-refractivity contribution < 1.29 is 14.6 Å². The molecule has 2 aliphatic heterocycles. The van der Waals surface area contributed by atoms with Gasteiger partial charge in [-0.3, -0.25) is 9.69 Å². The third kappa shape index (κ3) is 2.43. The molecule has 2 heterocycles. The number of ether oxygens (including phenoxy) is 1. The van der Waals surface area contributed by atoms with Gasteiger partial charge in [0.2, 0.25) is 0 Å². The maximum absolute atomic E-state index is 10.8. The quantitative estimate of drug-likeness (QED) is 0.917. The molecule has 1 aromatic rings. The molecule has 1 aromatic carbocycles. The topological polar surface area (TPSA) is 49.8 Å². The summed E-state index contributed by atoms with van der Waals surface area (Å²) in [6.07, 6.45) is 6.06. The van der Waals surface area contributed by atoms with Gasteiger partial charge in [0, 0.05) is 25.1 Å². The van der Waals surface area contributed by atoms with Gasteiger partial charge in [0.1, 0.15) is 11.4 Å². The number of nitrogens with zero attached hydrogens (tertiary/aromatic N) is 1. The van der Waals surface area contributed by atoms with Crippen LogP contribution in [0.4, 0.5) is 0 Å². The first-order valence-electron chi connectivity index (χ1n) is 7.05. The van der Waals surface area contributed by atoms with Gasteiger partial charge in [0.25, 0.3) is 0 Å². The average Bonchev–Trinajstić information content (AvgIpc) is 2.80. The molecule has 20 heavy (non-hydrogen) atoms. The third-order valence-corrected chi connectivity index (χ3v) is 4.06. The van der Waals surface area contributed by atoms with E-state index in [9.17, 15) is 4.79 Å². The summed E-state index contributed by atoms with van der Waals surface area (Å²) in [6.45, 7) is 3.63. The van der Waals surface area contributed by atoms with Gasteiger partial charge in [0.05, 0.1) is 6.54 Å². The van der Waals surface area contributed by atoms with Crippen LogP contribution in [0.15, 0.2) is 24.3 Å². The predicted molar refractivity (Wildman–Crippen MR) is 76.9 cm³/mol. The van der Waals surface area contributed by atoms with Crippen molar-refractivity contribution in [2.45, 2.75) is 25.4 Å². The van der Waals surface area contributed by atoms with Crippen LogP contribution in [0.5, 0.6) is 5.75 Å². The minimum atomic E-state index is -0.783. The minimum absolute atomic E-state index is 0.0839. The van der Waals surface area contributed by atoms with E-state index in [1.165, 1.54) is 5.56 Å². The van der Waals surface area contributed by atoms with Gasteiger partial charge in [-0.2, -0.15) is 0 Å². The number of hydrogen-bond acceptors (Lipinski definition) is 3. The van der Waals surface area contributed by atoms with Crippen molar-refractivity contribution in [1.82, 2.24) is 4.90 Å². The van der Waals surface area contributed by atoms with Crippen LogP contribution in [0.2, 0.25) is 0 Å². The highest BCUT2D eigenvalue weighted by atomic mass is 16.5. The fraction of sp³-hybridized carbons (Fsp3) is 0.438. The minimum Gasteiger partial charge on any atom is -0.481 e. The largest absolute Gasteiger partial charge is 0.481 e. The van der Waals surface area contributed by atoms with Crippen molar-refractivity contribution in [3.63, 3.8) is 0 Å². The van der Waals surface area contributed by atoms with E-state index in [1.54, 1.807) is 0 Å². The number of fused-ring (bicyclic) bond motifs is 1. The Labute approximate surface area is 118 Å². The van der Waals surface area contributed by atoms with Crippen molar-refractivity contribution in [3.8, 4) is 5.75 Å². The number of carbonyl (C=O) groups is 1. The molecule has 4 nitrogen and oxygen atoms in total. The number of aryl methyl sites for hydroxylation is 1. The lowest BCUT2D eigenvalue weighted by molar-refractivity contribution is -0.138. The van der Waals surface area contributed by atoms with Crippen LogP contribution >= 0.6 is 0 Å². The summed E-state index contributed by atoms with van der Waals surface area (Å²) < 4.78 is 6.17. The smallest absolute Gasteiger partial charge is 0.317 e. The lowest BCUT2D eigenvalue weighted by Gasteiger charge is -2.31. The zero-order chi connectivity index (χ0) is 14.2. The van der Waals surface area contributed by atoms with Crippen LogP contribution in [0.25, 0.3) is 6.08 Å². The fourth-order valence-electron chi connectivity index (χ4n) is 2.97. The maximum Gasteiger partial charge on any atom is 0.317 e. The Hall–Kier alpha value is -1.81. The molecule has 1 unspecified atom stereocenters. The van der Waals surface area contributed by atoms with Gasteiger partial charge in [0.15, 0.2) is 0 Å². The van der Waals surface area contributed by atoms with E-state index in [0.29, 0.717) is 6.54 Å². The first kappa shape index (κ1) is 13.2. The predicted octanol–water partition coefficient (Wildman–Crippen LogP) is 2.18. The number of rotatable bonds is 3. The van der Waals surface area contributed by atoms with E-state index >= 15 is 0 Å². The summed E-state index contributed by atoms with van der Waals surface area (Å²) in [5.41, 5.74) is 2.06. The Morgan fingerprint density at radius 1 is 1.50 bits per heavy atom. The number of benzene rings is 1. The van der Waals surface area contributed by atoms with Gasteiger partial charge >= 0.3 is 5.97 Å². The lowest BCUT2D eigenvalue weighted by Crippen LogP contribution is -2.39. The van der Waals surface area contributed by atoms with E-state index in [4.69, 9.17) is 9.84 Å². The Kier molecular flexibility index (Phi) is 3.26. The second-order valence-electron chi connectivity index (χ2n) is 5.58. The van der Waals surface area contributed by atoms with Gasteiger partial charge in [-0.25, -0.2) is 0 Å². The number of aliphatic carboxylic acids is 1. The first-order chi connectivity index (χ1) is 9.60. The van der Waals surface area contributed by atoms with Crippen LogP contribution in [-0.2, 0) is 11.2 Å². The van der Waals surface area contributed by atoms with E-state index in [-0.39, 0.29) is 12.1 Å². The molecule has 2 aliphatic rings. The van der Waals surface area contributed by atoms with Crippen LogP contribution in [0.3, 0.4) is 0 Å². The molecule has 1 atom stereocenters. The van der Waals surface area contributed by atoms with Gasteiger partial charge in [-0.15, -0.1) is 0 Å². The summed E-state index contributed by atoms with van der Waals surface area (Å²) in [6, 6.07) is 6.28. The average molecular weight is 273 g/mol. The van der Waals surface area contributed by atoms with Gasteiger partial charge in [-0.05, 0) is 30.2 Å². The first-order valence-corrected chi connectivity index (χ1v) is 7.05. The fourth-order valence-corrected chi connectivity index (χ4v) is 2.97. The Morgan fingerprint density at radius 2 is 2.35 bits per heavy atom. The standard InChI is InChI=1S/C16H19NO3/c1-2-12-3-4-14-13(9-12)5-6-16(20-14)7-8-17(11-16)10-15(18)19/h3-6,9H,2,7-8,10-11H2,1H3,(H,18,19). The number of carboxylic acids is 1. The van der Waals surface area contributed by atoms with E-state index < -0.39 is 5.97 Å². The molecule has 1 fully saturated rings. The van der Waals surface area contributed by atoms with Crippen molar-refractivity contribution in [2.75, 3.05) is 19.6 Å². The van der Waals surface area contributed by atoms with E-state index in [1.807, 2.05) is 11.0 Å². The third-order valence-electron chi connectivity index (χ3n) is 4.06. The molecule has 4 heteroatoms. The summed E-state index contributed by atoms with van der Waals surface area (Å²) in [7, 11) is 0. The van der Waals surface area contributed by atoms with Crippen molar-refractivity contribution in [2.24, 2.45) is 0 Å². The van der Waals surface area contributed by atoms with Crippen LogP contribution < -0.4 is 4.74 Å². The number of carboxylic acid groups (broad SMARTS) is 1. The summed E-state index contributed by atoms with van der Waals surface area (Å²) in [4.78, 5) is 12.7. The maximum atomic E-state index is 10.8. The zero-order valence-corrected chi connectivity index (χ0v) is 11.6. The molecule has 0 bridgehead atoms. The van der Waals surface area contributed by atoms with Crippen molar-refractivity contribution in [1.29, 1.82) is 0 Å². The highest BCUT2D eigenvalue weighted by Gasteiger charge is 2.40. The second-order valence-corrected chi connectivity index (χ2v) is 5.58. The molecule has 0 radical (unpaired) electrons. The molecule has 0 aromatic heterocycles. The molecule has 0 saturated carbocycles. The van der Waals surface area contributed by atoms with E-state index in [0.717, 1.165) is 30.7 Å². The second kappa shape index (κ2) is 4.94. The number of likely N-dealkylation sites (tertiary alicyclic amines) is 1. The SMILES string of the molecule is CCc1ccc2c(c1)C=CC1(CCN(CC(=O)O)C1)O2. The summed E-state index contributed by atoms with van der Waals surface area (Å²) >= 11 is 0. The molecule has 0 amide bonds. The Balaban J connectivity index is 1.78. The molecular formula is C16H19NO3. The molecule has 1 N–H and O–H groups in total. The molecule has 1 saturated heterocycles. The monoisotopic (exact) mass is 273 g/mol. The van der Waals surface area contributed by atoms with Gasteiger partial charge < -0.3 is 9.84 Å². The van der Waals surface area contributed by atoms with Crippen LogP contribution in [0.1, 0.15) is 24.5 Å². The lowest BCUT2D eigenvalue weighted by atomic mass is 9.96. The molecular weight excluding hydrogens is 254 g/mol. The van der Waals surface area contributed by atoms with Crippen LogP contribution in [0, 0.1) is 0 Å². The van der Waals surface area contributed by atoms with E-state index in [2.05, 4.69) is 31.2 Å². The molecule has 0 aliphatic carbocycles. The molecule has 3 rings (SSSR count). The van der Waals surface area contributed by atoms with Crippen molar-refractivity contribution >= 4 is 12.0 Å². The number of hydrogen-bond donors (Lipinski definition) is 1. The van der Waals surface area contributed by atoms with Gasteiger partial charge in [-0.1, -0.05) is 19.1 Å². The Bertz CT molecular complexity index is 567. The zero-order valence-electron chi connectivity index (χ0n) is 11.6. The van der Waals surface area contributed by atoms with Crippen molar-refractivity contribution in [3.05, 3.63) is 35.4 Å². The normalized spacial score (nSPS) is 24.6. The Morgan fingerprint density at radius 3 is 3.10 bits per heavy atom. The van der Waals surface area contributed by atoms with Crippen LogP contribution in [-0.4, -0.2) is 41.2 Å². The summed E-state index contributed by atoms with van der Waals surface area (Å²) in [5, 5.41) is 8.88. The molecule has 1 spiro atoms.